The summed E-state index contributed by atoms with van der Waals surface area (Å²) in [6.07, 6.45) is 1.96. The summed E-state index contributed by atoms with van der Waals surface area (Å²) in [6.45, 7) is 32.1. The van der Waals surface area contributed by atoms with E-state index in [1.165, 1.54) is 44.3 Å². The second kappa shape index (κ2) is 16.5. The Kier molecular flexibility index (Phi) is 11.7. The first kappa shape index (κ1) is 46.1. The van der Waals surface area contributed by atoms with Crippen LogP contribution in [0.15, 0.2) is 140 Å². The predicted molar refractivity (Wildman–Crippen MR) is 271 cm³/mol. The minimum absolute atomic E-state index is 0. The molecule has 336 valence electrons. The molecule has 0 saturated carbocycles. The van der Waals surface area contributed by atoms with Crippen molar-refractivity contribution in [1.29, 1.82) is 0 Å². The molecule has 65 heavy (non-hydrogen) atoms. The van der Waals surface area contributed by atoms with Gasteiger partial charge in [-0.1, -0.05) is 156 Å². The van der Waals surface area contributed by atoms with Crippen LogP contribution in [-0.2, 0) is 48.1 Å². The predicted octanol–water partition coefficient (Wildman–Crippen LogP) is 15.7. The van der Waals surface area contributed by atoms with Crippen molar-refractivity contribution >= 4 is 44.6 Å². The minimum Gasteiger partial charge on any atom is -0.493 e. The molecule has 0 unspecified atom stereocenters. The van der Waals surface area contributed by atoms with Gasteiger partial charge in [-0.15, -0.1) is 17.7 Å². The summed E-state index contributed by atoms with van der Waals surface area (Å²) >= 11 is 0. The van der Waals surface area contributed by atoms with Gasteiger partial charge in [0.05, 0.1) is 0 Å². The van der Waals surface area contributed by atoms with E-state index in [-0.39, 0.29) is 42.7 Å². The molecule has 2 aromatic heterocycles. The molecule has 0 bridgehead atoms. The number of aromatic nitrogens is 2. The third kappa shape index (κ3) is 8.37. The van der Waals surface area contributed by atoms with Crippen LogP contribution in [0.2, 0.25) is 0 Å². The van der Waals surface area contributed by atoms with E-state index in [2.05, 4.69) is 257 Å². The van der Waals surface area contributed by atoms with Crippen LogP contribution < -0.4 is 9.80 Å². The second-order valence-corrected chi connectivity index (χ2v) is 22.0. The van der Waals surface area contributed by atoms with E-state index < -0.39 is 5.41 Å². The Labute approximate surface area is 403 Å². The Morgan fingerprint density at radius 3 is 1.72 bits per heavy atom. The zero-order valence-electron chi connectivity index (χ0n) is 40.5. The summed E-state index contributed by atoms with van der Waals surface area (Å²) in [5.41, 5.74) is 14.6. The zero-order valence-corrected chi connectivity index (χ0v) is 42.7. The number of anilines is 4. The topological polar surface area (TPSA) is 24.3 Å². The standard InChI is InChI=1S/C60H63N4.Pt/c1-56(2,3)41-27-29-51-50(36-41)49-28-26-43(37-54(49)64(51)55-38-44(30-31-61-55)59(10,11)40-20-15-14-16-21-40)60(12,13)42-22-19-23-47(33-42)62-39-63(53-25-18-17-24-52(53)62)48-34-45(57(4,5)6)32-46(35-48)58(7,8)9;/h14-32,34-36,38-39H,1-13H3;/q-3;. The molecule has 1 aliphatic heterocycles. The van der Waals surface area contributed by atoms with Gasteiger partial charge in [0.15, 0.2) is 0 Å². The SMILES string of the molecule is CC(C)(C)c1cc(N2[CH-]N(c3[c-]c(C(C)(C)c4[c-]c5c(cc4)c4cc(C(C)(C)C)ccc4n5-c4cc(C(C)(C)c5ccccc5)ccn4)ccc3)c3ccccc32)cc(C(C)(C)C)c1.[Pt]. The Balaban J connectivity index is 0.00000576. The summed E-state index contributed by atoms with van der Waals surface area (Å²) in [5, 5.41) is 2.38. The summed E-state index contributed by atoms with van der Waals surface area (Å²) in [6, 6.07) is 57.0. The Bertz CT molecular complexity index is 3010. The molecular formula is C60H63N4Pt-3. The van der Waals surface area contributed by atoms with Gasteiger partial charge in [-0.25, -0.2) is 4.98 Å². The van der Waals surface area contributed by atoms with E-state index in [4.69, 9.17) is 4.98 Å². The maximum absolute atomic E-state index is 5.07. The summed E-state index contributed by atoms with van der Waals surface area (Å²) in [4.78, 5) is 9.71. The summed E-state index contributed by atoms with van der Waals surface area (Å²) in [7, 11) is 0. The molecule has 3 heterocycles. The number of rotatable bonds is 7. The van der Waals surface area contributed by atoms with Gasteiger partial charge in [-0.2, -0.15) is 53.6 Å². The van der Waals surface area contributed by atoms with Crippen molar-refractivity contribution < 1.29 is 21.1 Å². The molecule has 8 aromatic rings. The number of pyridine rings is 1. The molecule has 0 N–H and O–H groups in total. The van der Waals surface area contributed by atoms with Crippen molar-refractivity contribution in [3.8, 4) is 5.82 Å². The number of hydrogen-bond donors (Lipinski definition) is 0. The van der Waals surface area contributed by atoms with Crippen molar-refractivity contribution in [2.75, 3.05) is 9.80 Å². The van der Waals surface area contributed by atoms with E-state index in [9.17, 15) is 0 Å². The Morgan fingerprint density at radius 2 is 1.08 bits per heavy atom. The fraction of sp³-hybridized carbons (Fsp3) is 0.300. The van der Waals surface area contributed by atoms with Gasteiger partial charge in [-0.05, 0) is 97.3 Å². The van der Waals surface area contributed by atoms with Crippen molar-refractivity contribution in [3.63, 3.8) is 0 Å². The van der Waals surface area contributed by atoms with E-state index in [0.29, 0.717) is 0 Å². The molecule has 4 nitrogen and oxygen atoms in total. The smallest absolute Gasteiger partial charge is 0.135 e. The minimum atomic E-state index is -0.436. The molecule has 5 heteroatoms. The quantitative estimate of drug-likeness (QED) is 0.149. The van der Waals surface area contributed by atoms with E-state index >= 15 is 0 Å². The van der Waals surface area contributed by atoms with E-state index in [1.54, 1.807) is 0 Å². The zero-order chi connectivity index (χ0) is 45.6. The van der Waals surface area contributed by atoms with Crippen LogP contribution in [0.3, 0.4) is 0 Å². The molecule has 9 rings (SSSR count). The number of benzene rings is 6. The van der Waals surface area contributed by atoms with Crippen molar-refractivity contribution in [3.05, 3.63) is 197 Å². The van der Waals surface area contributed by atoms with Crippen molar-refractivity contribution in [2.45, 2.75) is 117 Å². The molecule has 6 aromatic carbocycles. The maximum Gasteiger partial charge on any atom is 0.135 e. The molecule has 0 amide bonds. The second-order valence-electron chi connectivity index (χ2n) is 22.0. The van der Waals surface area contributed by atoms with Crippen molar-refractivity contribution in [1.82, 2.24) is 9.55 Å². The number of fused-ring (bicyclic) bond motifs is 4. The molecule has 0 radical (unpaired) electrons. The molecule has 0 spiro atoms. The van der Waals surface area contributed by atoms with Gasteiger partial charge < -0.3 is 14.4 Å². The molecule has 0 fully saturated rings. The molecule has 0 atom stereocenters. The van der Waals surface area contributed by atoms with Crippen LogP contribution in [0.25, 0.3) is 27.6 Å². The van der Waals surface area contributed by atoms with Crippen LogP contribution in [0.4, 0.5) is 22.7 Å². The third-order valence-electron chi connectivity index (χ3n) is 13.7. The molecular weight excluding hydrogens is 972 g/mol. The summed E-state index contributed by atoms with van der Waals surface area (Å²) in [5.74, 6) is 0.889. The van der Waals surface area contributed by atoms with Crippen LogP contribution in [0, 0.1) is 18.8 Å². The number of hydrogen-bond acceptors (Lipinski definition) is 3. The van der Waals surface area contributed by atoms with Gasteiger partial charge in [0.2, 0.25) is 0 Å². The van der Waals surface area contributed by atoms with E-state index in [1.807, 2.05) is 6.20 Å². The van der Waals surface area contributed by atoms with Crippen LogP contribution >= 0.6 is 0 Å². The van der Waals surface area contributed by atoms with Gasteiger partial charge in [0.25, 0.3) is 0 Å². The average molecular weight is 1040 g/mol. The summed E-state index contributed by atoms with van der Waals surface area (Å²) < 4.78 is 2.33. The first-order valence-electron chi connectivity index (χ1n) is 22.9. The number of nitrogens with zero attached hydrogens (tertiary/aromatic N) is 4. The van der Waals surface area contributed by atoms with Crippen LogP contribution in [0.5, 0.6) is 0 Å². The molecule has 0 saturated heterocycles. The van der Waals surface area contributed by atoms with E-state index in [0.717, 1.165) is 45.0 Å². The van der Waals surface area contributed by atoms with Crippen LogP contribution in [-0.4, -0.2) is 9.55 Å². The first-order chi connectivity index (χ1) is 30.1. The van der Waals surface area contributed by atoms with Gasteiger partial charge in [0, 0.05) is 55.3 Å². The third-order valence-corrected chi connectivity index (χ3v) is 13.7. The number of para-hydroxylation sites is 2. The molecule has 0 aliphatic carbocycles. The van der Waals surface area contributed by atoms with Crippen LogP contribution in [0.1, 0.15) is 129 Å². The fourth-order valence-corrected chi connectivity index (χ4v) is 9.20. The fourth-order valence-electron chi connectivity index (χ4n) is 9.20. The normalized spacial score (nSPS) is 13.7. The van der Waals surface area contributed by atoms with Gasteiger partial charge in [0.1, 0.15) is 5.82 Å². The Morgan fingerprint density at radius 1 is 0.462 bits per heavy atom. The van der Waals surface area contributed by atoms with Gasteiger partial charge in [-0.3, -0.25) is 0 Å². The first-order valence-corrected chi connectivity index (χ1v) is 22.9. The van der Waals surface area contributed by atoms with Gasteiger partial charge >= 0.3 is 0 Å². The largest absolute Gasteiger partial charge is 0.493 e. The maximum atomic E-state index is 5.07. The molecule has 1 aliphatic rings. The monoisotopic (exact) mass is 1030 g/mol. The average Bonchev–Trinajstić information content (AvgIpc) is 3.82. The van der Waals surface area contributed by atoms with Crippen molar-refractivity contribution in [2.24, 2.45) is 0 Å². The Hall–Kier alpha value is -5.44.